The highest BCUT2D eigenvalue weighted by Gasteiger charge is 2.38. The fraction of sp³-hybridized carbons (Fsp3) is 0.286. The van der Waals surface area contributed by atoms with E-state index in [1.165, 1.54) is 12.1 Å². The summed E-state index contributed by atoms with van der Waals surface area (Å²) in [4.78, 5) is 24.9. The predicted octanol–water partition coefficient (Wildman–Crippen LogP) is 3.04. The number of allylic oxidation sites excluding steroid dienone is 1. The first-order valence-electron chi connectivity index (χ1n) is 6.15. The van der Waals surface area contributed by atoms with Crippen LogP contribution < -0.4 is 9.64 Å². The highest BCUT2D eigenvalue weighted by molar-refractivity contribution is 6.20. The number of imide groups is 1. The molecule has 1 aromatic rings. The normalized spacial score (nSPS) is 19.0. The molecule has 1 aromatic carbocycles. The van der Waals surface area contributed by atoms with E-state index in [1.54, 1.807) is 6.08 Å². The van der Waals surface area contributed by atoms with E-state index in [-0.39, 0.29) is 23.9 Å². The van der Waals surface area contributed by atoms with Crippen LogP contribution in [0.2, 0.25) is 0 Å². The van der Waals surface area contributed by atoms with Gasteiger partial charge < -0.3 is 4.74 Å². The Hall–Kier alpha value is -2.31. The van der Waals surface area contributed by atoms with Gasteiger partial charge >= 0.3 is 6.36 Å². The largest absolute Gasteiger partial charge is 0.573 e. The van der Waals surface area contributed by atoms with Crippen LogP contribution in [0.3, 0.4) is 0 Å². The molecule has 1 saturated heterocycles. The standard InChI is InChI=1S/C14H12F3NO3/c1-2-3-9-8-12(19)18(13(9)20)10-4-6-11(7-5-10)21-14(15,16)17/h2,4-7,9H,1,3,8H2/t9-/m0/s1. The second-order valence-corrected chi connectivity index (χ2v) is 4.53. The fourth-order valence-corrected chi connectivity index (χ4v) is 2.15. The molecule has 0 radical (unpaired) electrons. The first-order valence-corrected chi connectivity index (χ1v) is 6.15. The smallest absolute Gasteiger partial charge is 0.406 e. The van der Waals surface area contributed by atoms with Gasteiger partial charge in [-0.05, 0) is 30.7 Å². The van der Waals surface area contributed by atoms with Crippen LogP contribution in [0.15, 0.2) is 36.9 Å². The summed E-state index contributed by atoms with van der Waals surface area (Å²) in [6, 6.07) is 4.61. The first-order chi connectivity index (χ1) is 9.81. The number of hydrogen-bond donors (Lipinski definition) is 0. The minimum atomic E-state index is -4.78. The maximum atomic E-state index is 12.1. The summed E-state index contributed by atoms with van der Waals surface area (Å²) >= 11 is 0. The van der Waals surface area contributed by atoms with Crippen LogP contribution >= 0.6 is 0 Å². The van der Waals surface area contributed by atoms with Crippen LogP contribution in [0, 0.1) is 5.92 Å². The van der Waals surface area contributed by atoms with E-state index in [0.29, 0.717) is 6.42 Å². The van der Waals surface area contributed by atoms with Crippen molar-refractivity contribution in [3.05, 3.63) is 36.9 Å². The number of rotatable bonds is 4. The molecule has 1 heterocycles. The zero-order valence-corrected chi connectivity index (χ0v) is 10.9. The lowest BCUT2D eigenvalue weighted by Gasteiger charge is -2.15. The van der Waals surface area contributed by atoms with Crippen LogP contribution in [0.1, 0.15) is 12.8 Å². The van der Waals surface area contributed by atoms with Gasteiger partial charge in [0, 0.05) is 6.42 Å². The molecule has 112 valence electrons. The third-order valence-corrected chi connectivity index (χ3v) is 3.02. The minimum absolute atomic E-state index is 0.0751. The third kappa shape index (κ3) is 3.42. The van der Waals surface area contributed by atoms with Gasteiger partial charge in [0.1, 0.15) is 5.75 Å². The van der Waals surface area contributed by atoms with Gasteiger partial charge in [0.15, 0.2) is 0 Å². The molecule has 0 aromatic heterocycles. The molecule has 4 nitrogen and oxygen atoms in total. The summed E-state index contributed by atoms with van der Waals surface area (Å²) < 4.78 is 39.9. The van der Waals surface area contributed by atoms with Crippen LogP contribution in [-0.4, -0.2) is 18.2 Å². The number of nitrogens with zero attached hydrogens (tertiary/aromatic N) is 1. The molecular weight excluding hydrogens is 287 g/mol. The van der Waals surface area contributed by atoms with Crippen molar-refractivity contribution in [3.8, 4) is 5.75 Å². The fourth-order valence-electron chi connectivity index (χ4n) is 2.15. The van der Waals surface area contributed by atoms with Crippen molar-refractivity contribution in [2.75, 3.05) is 4.90 Å². The summed E-state index contributed by atoms with van der Waals surface area (Å²) in [6.45, 7) is 3.52. The van der Waals surface area contributed by atoms with Crippen molar-refractivity contribution in [1.82, 2.24) is 0 Å². The number of amides is 2. The Labute approximate surface area is 118 Å². The van der Waals surface area contributed by atoms with E-state index in [1.807, 2.05) is 0 Å². The number of hydrogen-bond acceptors (Lipinski definition) is 3. The van der Waals surface area contributed by atoms with E-state index in [4.69, 9.17) is 0 Å². The molecule has 21 heavy (non-hydrogen) atoms. The quantitative estimate of drug-likeness (QED) is 0.634. The van der Waals surface area contributed by atoms with E-state index >= 15 is 0 Å². The molecule has 2 amide bonds. The number of anilines is 1. The van der Waals surface area contributed by atoms with Crippen molar-refractivity contribution < 1.29 is 27.5 Å². The molecule has 0 bridgehead atoms. The molecule has 0 N–H and O–H groups in total. The Morgan fingerprint density at radius 1 is 1.29 bits per heavy atom. The third-order valence-electron chi connectivity index (χ3n) is 3.02. The summed E-state index contributed by atoms with van der Waals surface area (Å²) in [6.07, 6.45) is -2.77. The minimum Gasteiger partial charge on any atom is -0.406 e. The van der Waals surface area contributed by atoms with Gasteiger partial charge in [-0.2, -0.15) is 0 Å². The Morgan fingerprint density at radius 2 is 1.90 bits per heavy atom. The van der Waals surface area contributed by atoms with Gasteiger partial charge in [-0.15, -0.1) is 19.8 Å². The van der Waals surface area contributed by atoms with E-state index in [2.05, 4.69) is 11.3 Å². The van der Waals surface area contributed by atoms with Crippen molar-refractivity contribution in [2.45, 2.75) is 19.2 Å². The molecule has 0 spiro atoms. The monoisotopic (exact) mass is 299 g/mol. The highest BCUT2D eigenvalue weighted by Crippen LogP contribution is 2.30. The van der Waals surface area contributed by atoms with Crippen molar-refractivity contribution >= 4 is 17.5 Å². The molecule has 0 aliphatic carbocycles. The topological polar surface area (TPSA) is 46.6 Å². The summed E-state index contributed by atoms with van der Waals surface area (Å²) in [7, 11) is 0. The molecule has 0 saturated carbocycles. The Kier molecular flexibility index (Phi) is 4.02. The summed E-state index contributed by atoms with van der Waals surface area (Å²) in [5.74, 6) is -1.62. The van der Waals surface area contributed by atoms with E-state index in [0.717, 1.165) is 17.0 Å². The van der Waals surface area contributed by atoms with Crippen LogP contribution in [0.5, 0.6) is 5.75 Å². The molecule has 1 atom stereocenters. The van der Waals surface area contributed by atoms with Crippen LogP contribution in [-0.2, 0) is 9.59 Å². The molecule has 1 fully saturated rings. The number of ether oxygens (including phenoxy) is 1. The number of halogens is 3. The lowest BCUT2D eigenvalue weighted by Crippen LogP contribution is -2.30. The zero-order chi connectivity index (χ0) is 15.6. The molecule has 1 aliphatic rings. The second kappa shape index (κ2) is 5.59. The number of carbonyl (C=O) groups is 2. The number of benzene rings is 1. The maximum absolute atomic E-state index is 12.1. The highest BCUT2D eigenvalue weighted by atomic mass is 19.4. The SMILES string of the molecule is C=CC[C@H]1CC(=O)N(c2ccc(OC(F)(F)F)cc2)C1=O. The summed E-state index contributed by atoms with van der Waals surface area (Å²) in [5.41, 5.74) is 0.228. The van der Waals surface area contributed by atoms with Gasteiger partial charge in [0.2, 0.25) is 11.8 Å². The Bertz CT molecular complexity index is 566. The van der Waals surface area contributed by atoms with Gasteiger partial charge in [0.25, 0.3) is 0 Å². The molecule has 7 heteroatoms. The van der Waals surface area contributed by atoms with Gasteiger partial charge in [-0.25, -0.2) is 0 Å². The Morgan fingerprint density at radius 3 is 2.43 bits per heavy atom. The average Bonchev–Trinajstić information content (AvgIpc) is 2.65. The van der Waals surface area contributed by atoms with E-state index in [9.17, 15) is 22.8 Å². The Balaban J connectivity index is 2.17. The predicted molar refractivity (Wildman–Crippen MR) is 68.5 cm³/mol. The van der Waals surface area contributed by atoms with Crippen molar-refractivity contribution in [1.29, 1.82) is 0 Å². The van der Waals surface area contributed by atoms with Gasteiger partial charge in [-0.3, -0.25) is 14.5 Å². The molecule has 1 aliphatic heterocycles. The van der Waals surface area contributed by atoms with Crippen LogP contribution in [0.25, 0.3) is 0 Å². The molecule has 0 unspecified atom stereocenters. The second-order valence-electron chi connectivity index (χ2n) is 4.53. The number of carbonyl (C=O) groups excluding carboxylic acids is 2. The summed E-state index contributed by atoms with van der Waals surface area (Å²) in [5, 5.41) is 0. The maximum Gasteiger partial charge on any atom is 0.573 e. The van der Waals surface area contributed by atoms with Crippen LogP contribution in [0.4, 0.5) is 18.9 Å². The van der Waals surface area contributed by atoms with Crippen molar-refractivity contribution in [3.63, 3.8) is 0 Å². The molecule has 2 rings (SSSR count). The lowest BCUT2D eigenvalue weighted by atomic mass is 10.0. The van der Waals surface area contributed by atoms with Crippen molar-refractivity contribution in [2.24, 2.45) is 5.92 Å². The average molecular weight is 299 g/mol. The van der Waals surface area contributed by atoms with Gasteiger partial charge in [0.05, 0.1) is 11.6 Å². The van der Waals surface area contributed by atoms with Gasteiger partial charge in [-0.1, -0.05) is 6.08 Å². The lowest BCUT2D eigenvalue weighted by molar-refractivity contribution is -0.274. The van der Waals surface area contributed by atoms with E-state index < -0.39 is 18.0 Å². The molecular formula is C14H12F3NO3. The number of alkyl halides is 3. The first kappa shape index (κ1) is 15.1. The zero-order valence-electron chi connectivity index (χ0n) is 10.9.